The Morgan fingerprint density at radius 3 is 2.50 bits per heavy atom. The van der Waals surface area contributed by atoms with Gasteiger partial charge in [-0.15, -0.1) is 0 Å². The van der Waals surface area contributed by atoms with Crippen molar-refractivity contribution in [2.75, 3.05) is 13.6 Å². The highest BCUT2D eigenvalue weighted by atomic mass is 16.2. The number of hydrogen-bond acceptors (Lipinski definition) is 2. The van der Waals surface area contributed by atoms with Crippen LogP contribution in [0.15, 0.2) is 30.3 Å². The number of rotatable bonds is 2. The third kappa shape index (κ3) is 1.92. The smallest absolute Gasteiger partial charge is 0.319 e. The van der Waals surface area contributed by atoms with Gasteiger partial charge in [-0.25, -0.2) is 4.79 Å². The van der Waals surface area contributed by atoms with E-state index in [1.54, 1.807) is 30.7 Å². The van der Waals surface area contributed by atoms with Crippen molar-refractivity contribution in [1.29, 1.82) is 5.26 Å². The summed E-state index contributed by atoms with van der Waals surface area (Å²) in [7, 11) is 1.79. The van der Waals surface area contributed by atoms with E-state index in [2.05, 4.69) is 6.07 Å². The van der Waals surface area contributed by atoms with Gasteiger partial charge in [0.05, 0.1) is 12.1 Å². The normalized spacial score (nSPS) is 20.1. The summed E-state index contributed by atoms with van der Waals surface area (Å²) in [6, 6.07) is 12.0. The molecule has 0 N–H and O–H groups in total. The molecule has 1 heterocycles. The van der Waals surface area contributed by atoms with Crippen molar-refractivity contribution in [2.24, 2.45) is 0 Å². The van der Waals surface area contributed by atoms with Gasteiger partial charge in [0, 0.05) is 13.6 Å². The minimum Gasteiger partial charge on any atom is -0.319 e. The van der Waals surface area contributed by atoms with E-state index < -0.39 is 5.54 Å². The quantitative estimate of drug-likeness (QED) is 0.800. The summed E-state index contributed by atoms with van der Waals surface area (Å²) in [5, 5.41) is 9.15. The van der Waals surface area contributed by atoms with E-state index in [4.69, 9.17) is 5.26 Å². The predicted octanol–water partition coefficient (Wildman–Crippen LogP) is 2.40. The number of likely N-dealkylation sites (N-methyl/N-ethyl adjacent to an activating group) is 1. The molecule has 1 fully saturated rings. The monoisotopic (exact) mass is 243 g/mol. The Labute approximate surface area is 107 Å². The molecule has 1 aromatic carbocycles. The number of benzene rings is 1. The van der Waals surface area contributed by atoms with Gasteiger partial charge >= 0.3 is 6.03 Å². The van der Waals surface area contributed by atoms with Crippen LogP contribution in [-0.4, -0.2) is 35.0 Å². The summed E-state index contributed by atoms with van der Waals surface area (Å²) in [6.45, 7) is 4.10. The summed E-state index contributed by atoms with van der Waals surface area (Å²) < 4.78 is 0. The van der Waals surface area contributed by atoms with Crippen molar-refractivity contribution in [1.82, 2.24) is 9.80 Å². The SMILES string of the molecule is CN1C(=O)N(C(C)(C)C#N)CC1c1ccccc1. The molecule has 0 aromatic heterocycles. The van der Waals surface area contributed by atoms with E-state index in [0.717, 1.165) is 5.56 Å². The lowest BCUT2D eigenvalue weighted by atomic mass is 10.0. The molecule has 1 aliphatic heterocycles. The minimum atomic E-state index is -0.769. The highest BCUT2D eigenvalue weighted by Crippen LogP contribution is 2.32. The Bertz CT molecular complexity index is 490. The van der Waals surface area contributed by atoms with Crippen molar-refractivity contribution in [3.63, 3.8) is 0 Å². The summed E-state index contributed by atoms with van der Waals surface area (Å²) in [5.41, 5.74) is 0.332. The van der Waals surface area contributed by atoms with Crippen LogP contribution in [0, 0.1) is 11.3 Å². The number of nitrogens with zero attached hydrogens (tertiary/aromatic N) is 3. The number of carbonyl (C=O) groups is 1. The van der Waals surface area contributed by atoms with Crippen molar-refractivity contribution in [3.05, 3.63) is 35.9 Å². The number of carbonyl (C=O) groups excluding carboxylic acids is 1. The number of hydrogen-bond donors (Lipinski definition) is 0. The Kier molecular flexibility index (Phi) is 3.00. The van der Waals surface area contributed by atoms with E-state index >= 15 is 0 Å². The van der Waals surface area contributed by atoms with Gasteiger partial charge in [-0.1, -0.05) is 30.3 Å². The number of nitriles is 1. The Hall–Kier alpha value is -2.02. The molecule has 1 atom stereocenters. The molecule has 0 bridgehead atoms. The maximum absolute atomic E-state index is 12.2. The Balaban J connectivity index is 2.29. The Morgan fingerprint density at radius 1 is 1.33 bits per heavy atom. The lowest BCUT2D eigenvalue weighted by Crippen LogP contribution is -2.44. The van der Waals surface area contributed by atoms with Crippen LogP contribution in [0.3, 0.4) is 0 Å². The van der Waals surface area contributed by atoms with Gasteiger partial charge in [-0.05, 0) is 19.4 Å². The highest BCUT2D eigenvalue weighted by Gasteiger charge is 2.42. The molecule has 1 aromatic rings. The molecule has 94 valence electrons. The van der Waals surface area contributed by atoms with E-state index in [1.165, 1.54) is 0 Å². The van der Waals surface area contributed by atoms with Crippen molar-refractivity contribution in [3.8, 4) is 6.07 Å². The molecule has 18 heavy (non-hydrogen) atoms. The van der Waals surface area contributed by atoms with Crippen LogP contribution < -0.4 is 0 Å². The Morgan fingerprint density at radius 2 is 1.94 bits per heavy atom. The zero-order valence-electron chi connectivity index (χ0n) is 10.9. The second-order valence-corrected chi connectivity index (χ2v) is 5.10. The second kappa shape index (κ2) is 4.34. The first-order valence-electron chi connectivity index (χ1n) is 5.98. The summed E-state index contributed by atoms with van der Waals surface area (Å²) in [4.78, 5) is 15.5. The van der Waals surface area contributed by atoms with E-state index in [-0.39, 0.29) is 12.1 Å². The van der Waals surface area contributed by atoms with E-state index in [9.17, 15) is 4.79 Å². The first kappa shape index (κ1) is 12.4. The van der Waals surface area contributed by atoms with E-state index in [0.29, 0.717) is 6.54 Å². The molecule has 4 nitrogen and oxygen atoms in total. The average molecular weight is 243 g/mol. The molecule has 0 spiro atoms. The van der Waals surface area contributed by atoms with Gasteiger partial charge < -0.3 is 9.80 Å². The van der Waals surface area contributed by atoms with Crippen LogP contribution in [0.4, 0.5) is 4.79 Å². The van der Waals surface area contributed by atoms with Crippen molar-refractivity contribution >= 4 is 6.03 Å². The molecule has 1 aliphatic rings. The van der Waals surface area contributed by atoms with Crippen LogP contribution in [0.5, 0.6) is 0 Å². The van der Waals surface area contributed by atoms with Crippen molar-refractivity contribution < 1.29 is 4.79 Å². The van der Waals surface area contributed by atoms with E-state index in [1.807, 2.05) is 30.3 Å². The van der Waals surface area contributed by atoms with Gasteiger partial charge in [0.15, 0.2) is 0 Å². The van der Waals surface area contributed by atoms with Crippen LogP contribution >= 0.6 is 0 Å². The first-order chi connectivity index (χ1) is 8.47. The molecule has 2 rings (SSSR count). The predicted molar refractivity (Wildman–Crippen MR) is 68.7 cm³/mol. The third-order valence-corrected chi connectivity index (χ3v) is 3.49. The van der Waals surface area contributed by atoms with Crippen molar-refractivity contribution in [2.45, 2.75) is 25.4 Å². The van der Waals surface area contributed by atoms with Gasteiger partial charge in [-0.2, -0.15) is 5.26 Å². The fourth-order valence-electron chi connectivity index (χ4n) is 2.23. The summed E-state index contributed by atoms with van der Waals surface area (Å²) >= 11 is 0. The molecular weight excluding hydrogens is 226 g/mol. The van der Waals surface area contributed by atoms with Crippen LogP contribution in [0.25, 0.3) is 0 Å². The maximum Gasteiger partial charge on any atom is 0.321 e. The third-order valence-electron chi connectivity index (χ3n) is 3.49. The van der Waals surface area contributed by atoms with Gasteiger partial charge in [0.1, 0.15) is 5.54 Å². The molecule has 0 saturated carbocycles. The summed E-state index contributed by atoms with van der Waals surface area (Å²) in [6.07, 6.45) is 0. The van der Waals surface area contributed by atoms with Gasteiger partial charge in [0.2, 0.25) is 0 Å². The molecule has 2 amide bonds. The largest absolute Gasteiger partial charge is 0.321 e. The zero-order chi connectivity index (χ0) is 13.3. The number of urea groups is 1. The first-order valence-corrected chi connectivity index (χ1v) is 5.98. The fraction of sp³-hybridized carbons (Fsp3) is 0.429. The maximum atomic E-state index is 12.2. The lowest BCUT2D eigenvalue weighted by Gasteiger charge is -2.27. The van der Waals surface area contributed by atoms with Crippen LogP contribution in [0.2, 0.25) is 0 Å². The zero-order valence-corrected chi connectivity index (χ0v) is 10.9. The standard InChI is InChI=1S/C14H17N3O/c1-14(2,10-15)17-9-12(16(3)13(17)18)11-7-5-4-6-8-11/h4-8,12H,9H2,1-3H3. The van der Waals surface area contributed by atoms with Crippen LogP contribution in [0.1, 0.15) is 25.5 Å². The molecule has 1 unspecified atom stereocenters. The molecule has 0 aliphatic carbocycles. The van der Waals surface area contributed by atoms with Gasteiger partial charge in [0.25, 0.3) is 0 Å². The minimum absolute atomic E-state index is 0.0197. The molecule has 4 heteroatoms. The average Bonchev–Trinajstić information content (AvgIpc) is 2.68. The lowest BCUT2D eigenvalue weighted by molar-refractivity contribution is 0.172. The topological polar surface area (TPSA) is 47.3 Å². The number of amides is 2. The molecular formula is C14H17N3O. The highest BCUT2D eigenvalue weighted by molar-refractivity contribution is 5.78. The second-order valence-electron chi connectivity index (χ2n) is 5.10. The fourth-order valence-corrected chi connectivity index (χ4v) is 2.23. The molecule has 0 radical (unpaired) electrons. The van der Waals surface area contributed by atoms with Gasteiger partial charge in [-0.3, -0.25) is 0 Å². The molecule has 1 saturated heterocycles. The summed E-state index contributed by atoms with van der Waals surface area (Å²) in [5.74, 6) is 0. The van der Waals surface area contributed by atoms with Crippen LogP contribution in [-0.2, 0) is 0 Å².